The van der Waals surface area contributed by atoms with Crippen LogP contribution in [-0.2, 0) is 0 Å². The Labute approximate surface area is 168 Å². The summed E-state index contributed by atoms with van der Waals surface area (Å²) in [6, 6.07) is 16.0. The fourth-order valence-electron chi connectivity index (χ4n) is 2.08. The van der Waals surface area contributed by atoms with Gasteiger partial charge in [0.15, 0.2) is 0 Å². The number of carbonyl (C=O) groups excluding carboxylic acids is 1. The molecule has 0 aliphatic carbocycles. The van der Waals surface area contributed by atoms with Gasteiger partial charge in [-0.15, -0.1) is 0 Å². The minimum atomic E-state index is -0.286. The second kappa shape index (κ2) is 8.03. The van der Waals surface area contributed by atoms with E-state index < -0.39 is 0 Å². The maximum Gasteiger partial charge on any atom is 0.271 e. The SMILES string of the molecule is O=C(N/N=C\c1ccc(-c2ccc(Cl)c(Cl)c2)o1)c1cccc(I)c1. The lowest BCUT2D eigenvalue weighted by atomic mass is 10.2. The molecule has 0 fully saturated rings. The first-order valence-electron chi connectivity index (χ1n) is 7.17. The van der Waals surface area contributed by atoms with Crippen LogP contribution in [0.4, 0.5) is 0 Å². The highest BCUT2D eigenvalue weighted by atomic mass is 127. The molecule has 0 atom stereocenters. The molecule has 0 unspecified atom stereocenters. The second-order valence-electron chi connectivity index (χ2n) is 5.04. The average Bonchev–Trinajstić information content (AvgIpc) is 3.06. The Hall–Kier alpha value is -1.83. The van der Waals surface area contributed by atoms with Gasteiger partial charge in [-0.25, -0.2) is 5.43 Å². The summed E-state index contributed by atoms with van der Waals surface area (Å²) in [5.41, 5.74) is 3.81. The maximum absolute atomic E-state index is 12.0. The van der Waals surface area contributed by atoms with E-state index in [-0.39, 0.29) is 5.91 Å². The van der Waals surface area contributed by atoms with Gasteiger partial charge in [0.25, 0.3) is 5.91 Å². The lowest BCUT2D eigenvalue weighted by Crippen LogP contribution is -2.17. The number of hydrogen-bond donors (Lipinski definition) is 1. The summed E-state index contributed by atoms with van der Waals surface area (Å²) in [6.07, 6.45) is 1.44. The van der Waals surface area contributed by atoms with Crippen LogP contribution in [0.25, 0.3) is 11.3 Å². The number of benzene rings is 2. The molecule has 7 heteroatoms. The third-order valence-corrected chi connectivity index (χ3v) is 4.69. The average molecular weight is 485 g/mol. The van der Waals surface area contributed by atoms with Crippen LogP contribution in [0.15, 0.2) is 64.1 Å². The normalized spacial score (nSPS) is 11.0. The van der Waals surface area contributed by atoms with E-state index in [1.807, 2.05) is 18.2 Å². The molecule has 3 rings (SSSR count). The third kappa shape index (κ3) is 4.62. The van der Waals surface area contributed by atoms with Crippen molar-refractivity contribution in [3.05, 3.63) is 79.5 Å². The van der Waals surface area contributed by atoms with Crippen molar-refractivity contribution in [3.63, 3.8) is 0 Å². The lowest BCUT2D eigenvalue weighted by Gasteiger charge is -2.00. The summed E-state index contributed by atoms with van der Waals surface area (Å²) >= 11 is 14.1. The Kier molecular flexibility index (Phi) is 5.78. The highest BCUT2D eigenvalue weighted by Gasteiger charge is 2.07. The number of nitrogens with one attached hydrogen (secondary N) is 1. The van der Waals surface area contributed by atoms with Crippen LogP contribution in [0, 0.1) is 3.57 Å². The van der Waals surface area contributed by atoms with Crippen LogP contribution in [0.5, 0.6) is 0 Å². The molecular formula is C18H11Cl2IN2O2. The topological polar surface area (TPSA) is 54.6 Å². The van der Waals surface area contributed by atoms with Crippen molar-refractivity contribution in [1.82, 2.24) is 5.43 Å². The molecule has 1 heterocycles. The molecule has 1 N–H and O–H groups in total. The van der Waals surface area contributed by atoms with Gasteiger partial charge >= 0.3 is 0 Å². The van der Waals surface area contributed by atoms with Gasteiger partial charge in [-0.3, -0.25) is 4.79 Å². The largest absolute Gasteiger partial charge is 0.455 e. The van der Waals surface area contributed by atoms with Crippen molar-refractivity contribution in [1.29, 1.82) is 0 Å². The first-order valence-corrected chi connectivity index (χ1v) is 9.00. The van der Waals surface area contributed by atoms with E-state index in [0.717, 1.165) is 9.13 Å². The molecule has 0 saturated carbocycles. The molecule has 0 saturated heterocycles. The van der Waals surface area contributed by atoms with Crippen LogP contribution in [0.2, 0.25) is 10.0 Å². The molecule has 1 amide bonds. The highest BCUT2D eigenvalue weighted by Crippen LogP contribution is 2.29. The Morgan fingerprint density at radius 3 is 2.68 bits per heavy atom. The summed E-state index contributed by atoms with van der Waals surface area (Å²) in [5, 5.41) is 4.86. The van der Waals surface area contributed by atoms with Gasteiger partial charge in [0.05, 0.1) is 16.3 Å². The number of carbonyl (C=O) groups is 1. The summed E-state index contributed by atoms with van der Waals surface area (Å²) < 4.78 is 6.65. The molecule has 0 spiro atoms. The molecule has 4 nitrogen and oxygen atoms in total. The second-order valence-corrected chi connectivity index (χ2v) is 7.10. The van der Waals surface area contributed by atoms with E-state index in [1.165, 1.54) is 6.21 Å². The number of hydrazone groups is 1. The predicted octanol–water partition coefficient (Wildman–Crippen LogP) is 5.62. The molecule has 0 aliphatic heterocycles. The fraction of sp³-hybridized carbons (Fsp3) is 0. The van der Waals surface area contributed by atoms with Gasteiger partial charge in [-0.1, -0.05) is 29.3 Å². The van der Waals surface area contributed by atoms with E-state index >= 15 is 0 Å². The Morgan fingerprint density at radius 2 is 1.92 bits per heavy atom. The minimum absolute atomic E-state index is 0.286. The van der Waals surface area contributed by atoms with Gasteiger partial charge in [0.1, 0.15) is 11.5 Å². The van der Waals surface area contributed by atoms with E-state index in [9.17, 15) is 4.79 Å². The summed E-state index contributed by atoms with van der Waals surface area (Å²) in [6.45, 7) is 0. The van der Waals surface area contributed by atoms with Crippen LogP contribution in [0.1, 0.15) is 16.1 Å². The zero-order valence-electron chi connectivity index (χ0n) is 12.7. The molecule has 0 radical (unpaired) electrons. The molecule has 0 aliphatic rings. The van der Waals surface area contributed by atoms with Crippen LogP contribution >= 0.6 is 45.8 Å². The number of amides is 1. The number of hydrogen-bond acceptors (Lipinski definition) is 3. The summed E-state index contributed by atoms with van der Waals surface area (Å²) in [4.78, 5) is 12.0. The van der Waals surface area contributed by atoms with Crippen molar-refractivity contribution in [2.75, 3.05) is 0 Å². The van der Waals surface area contributed by atoms with Gasteiger partial charge < -0.3 is 4.42 Å². The Bertz CT molecular complexity index is 954. The highest BCUT2D eigenvalue weighted by molar-refractivity contribution is 14.1. The van der Waals surface area contributed by atoms with Crippen LogP contribution < -0.4 is 5.43 Å². The first kappa shape index (κ1) is 18.0. The van der Waals surface area contributed by atoms with Crippen molar-refractivity contribution >= 4 is 57.9 Å². The van der Waals surface area contributed by atoms with Crippen molar-refractivity contribution < 1.29 is 9.21 Å². The van der Waals surface area contributed by atoms with Crippen LogP contribution in [-0.4, -0.2) is 12.1 Å². The monoisotopic (exact) mass is 484 g/mol. The fourth-order valence-corrected chi connectivity index (χ4v) is 2.92. The van der Waals surface area contributed by atoms with E-state index in [2.05, 4.69) is 33.1 Å². The third-order valence-electron chi connectivity index (χ3n) is 3.28. The molecule has 2 aromatic carbocycles. The van der Waals surface area contributed by atoms with E-state index in [4.69, 9.17) is 27.6 Å². The van der Waals surface area contributed by atoms with Crippen molar-refractivity contribution in [3.8, 4) is 11.3 Å². The summed E-state index contributed by atoms with van der Waals surface area (Å²) in [5.74, 6) is 0.846. The number of rotatable bonds is 4. The number of nitrogens with zero attached hydrogens (tertiary/aromatic N) is 1. The zero-order chi connectivity index (χ0) is 17.8. The molecule has 0 bridgehead atoms. The first-order chi connectivity index (χ1) is 12.0. The van der Waals surface area contributed by atoms with Crippen LogP contribution in [0.3, 0.4) is 0 Å². The van der Waals surface area contributed by atoms with Gasteiger partial charge in [0, 0.05) is 14.7 Å². The molecule has 126 valence electrons. The van der Waals surface area contributed by atoms with E-state index in [0.29, 0.717) is 27.1 Å². The van der Waals surface area contributed by atoms with Crippen molar-refractivity contribution in [2.24, 2.45) is 5.10 Å². The molecule has 25 heavy (non-hydrogen) atoms. The number of halogens is 3. The number of furan rings is 1. The Balaban J connectivity index is 1.67. The maximum atomic E-state index is 12.0. The summed E-state index contributed by atoms with van der Waals surface area (Å²) in [7, 11) is 0. The molecular weight excluding hydrogens is 474 g/mol. The zero-order valence-corrected chi connectivity index (χ0v) is 16.3. The quantitative estimate of drug-likeness (QED) is 0.297. The predicted molar refractivity (Wildman–Crippen MR) is 108 cm³/mol. The lowest BCUT2D eigenvalue weighted by molar-refractivity contribution is 0.0955. The standard InChI is InChI=1S/C18H11Cl2IN2O2/c19-15-6-4-11(9-16(15)20)17-7-5-14(25-17)10-22-23-18(24)12-2-1-3-13(21)8-12/h1-10H,(H,23,24)/b22-10-. The Morgan fingerprint density at radius 1 is 1.08 bits per heavy atom. The van der Waals surface area contributed by atoms with Gasteiger partial charge in [-0.2, -0.15) is 5.10 Å². The smallest absolute Gasteiger partial charge is 0.271 e. The molecule has 3 aromatic rings. The molecule has 1 aromatic heterocycles. The minimum Gasteiger partial charge on any atom is -0.455 e. The van der Waals surface area contributed by atoms with Crippen molar-refractivity contribution in [2.45, 2.75) is 0 Å². The van der Waals surface area contributed by atoms with E-state index in [1.54, 1.807) is 36.4 Å². The van der Waals surface area contributed by atoms with Gasteiger partial charge in [0.2, 0.25) is 0 Å². The van der Waals surface area contributed by atoms with Gasteiger partial charge in [-0.05, 0) is 71.1 Å².